The zero-order valence-corrected chi connectivity index (χ0v) is 11.0. The summed E-state index contributed by atoms with van der Waals surface area (Å²) in [5.41, 5.74) is 0.763. The van der Waals surface area contributed by atoms with Crippen LogP contribution in [0.1, 0.15) is 5.56 Å². The van der Waals surface area contributed by atoms with E-state index in [0.29, 0.717) is 17.3 Å². The lowest BCUT2D eigenvalue weighted by atomic mass is 10.2. The fourth-order valence-corrected chi connectivity index (χ4v) is 1.90. The van der Waals surface area contributed by atoms with Crippen LogP contribution in [0.25, 0.3) is 0 Å². The summed E-state index contributed by atoms with van der Waals surface area (Å²) in [6.45, 7) is 0.507. The van der Waals surface area contributed by atoms with Gasteiger partial charge in [0.2, 0.25) is 5.82 Å². The van der Waals surface area contributed by atoms with Gasteiger partial charge in [0.05, 0.1) is 5.02 Å². The predicted molar refractivity (Wildman–Crippen MR) is 70.6 cm³/mol. The molecule has 0 radical (unpaired) electrons. The standard InChI is InChI=1S/C14H12ClF2NO/c1-18-8-9-4-2-5-10(15)14(9)19-12-7-3-6-11(16)13(12)17/h2-7,18H,8H2,1H3. The van der Waals surface area contributed by atoms with Crippen LogP contribution in [0.2, 0.25) is 5.02 Å². The Hall–Kier alpha value is -1.65. The number of benzene rings is 2. The Balaban J connectivity index is 2.40. The number of hydrogen-bond donors (Lipinski definition) is 1. The second-order valence-corrected chi connectivity index (χ2v) is 4.32. The Bertz CT molecular complexity index is 590. The van der Waals surface area contributed by atoms with Gasteiger partial charge in [0.25, 0.3) is 0 Å². The van der Waals surface area contributed by atoms with E-state index in [2.05, 4.69) is 5.32 Å². The van der Waals surface area contributed by atoms with Gasteiger partial charge in [-0.05, 0) is 25.2 Å². The molecule has 0 spiro atoms. The third kappa shape index (κ3) is 3.03. The van der Waals surface area contributed by atoms with Gasteiger partial charge in [-0.2, -0.15) is 4.39 Å². The summed E-state index contributed by atoms with van der Waals surface area (Å²) in [6, 6.07) is 8.96. The molecule has 0 fully saturated rings. The summed E-state index contributed by atoms with van der Waals surface area (Å²) < 4.78 is 32.1. The molecular weight excluding hydrogens is 272 g/mol. The number of para-hydroxylation sites is 1. The Morgan fingerprint density at radius 1 is 1.16 bits per heavy atom. The van der Waals surface area contributed by atoms with E-state index in [4.69, 9.17) is 16.3 Å². The van der Waals surface area contributed by atoms with Gasteiger partial charge in [0.15, 0.2) is 17.3 Å². The smallest absolute Gasteiger partial charge is 0.201 e. The van der Waals surface area contributed by atoms with Crippen molar-refractivity contribution in [3.63, 3.8) is 0 Å². The summed E-state index contributed by atoms with van der Waals surface area (Å²) in [6.07, 6.45) is 0. The predicted octanol–water partition coefficient (Wildman–Crippen LogP) is 4.13. The molecule has 2 aromatic carbocycles. The van der Waals surface area contributed by atoms with Crippen molar-refractivity contribution < 1.29 is 13.5 Å². The van der Waals surface area contributed by atoms with Crippen molar-refractivity contribution in [1.29, 1.82) is 0 Å². The first-order valence-corrected chi connectivity index (χ1v) is 6.05. The summed E-state index contributed by atoms with van der Waals surface area (Å²) in [5.74, 6) is -1.86. The van der Waals surface area contributed by atoms with Crippen molar-refractivity contribution in [3.8, 4) is 11.5 Å². The molecule has 0 aliphatic heterocycles. The van der Waals surface area contributed by atoms with E-state index in [1.807, 2.05) is 0 Å². The van der Waals surface area contributed by atoms with Gasteiger partial charge in [-0.15, -0.1) is 0 Å². The molecule has 100 valence electrons. The van der Waals surface area contributed by atoms with Crippen LogP contribution in [-0.2, 0) is 6.54 Å². The van der Waals surface area contributed by atoms with Gasteiger partial charge in [-0.3, -0.25) is 0 Å². The molecule has 2 aromatic rings. The van der Waals surface area contributed by atoms with Crippen LogP contribution in [0.15, 0.2) is 36.4 Å². The molecule has 0 saturated carbocycles. The van der Waals surface area contributed by atoms with E-state index in [0.717, 1.165) is 11.6 Å². The van der Waals surface area contributed by atoms with E-state index in [1.54, 1.807) is 25.2 Å². The minimum atomic E-state index is -1.03. The maximum atomic E-state index is 13.6. The zero-order chi connectivity index (χ0) is 13.8. The van der Waals surface area contributed by atoms with E-state index >= 15 is 0 Å². The van der Waals surface area contributed by atoms with Crippen molar-refractivity contribution in [1.82, 2.24) is 5.32 Å². The highest BCUT2D eigenvalue weighted by atomic mass is 35.5. The van der Waals surface area contributed by atoms with E-state index in [-0.39, 0.29) is 5.75 Å². The largest absolute Gasteiger partial charge is 0.452 e. The minimum absolute atomic E-state index is 0.189. The lowest BCUT2D eigenvalue weighted by Crippen LogP contribution is -2.06. The summed E-state index contributed by atoms with van der Waals surface area (Å²) in [5, 5.41) is 3.30. The van der Waals surface area contributed by atoms with Crippen molar-refractivity contribution in [2.45, 2.75) is 6.54 Å². The van der Waals surface area contributed by atoms with E-state index < -0.39 is 11.6 Å². The summed E-state index contributed by atoms with van der Waals surface area (Å²) in [4.78, 5) is 0. The number of nitrogens with one attached hydrogen (secondary N) is 1. The van der Waals surface area contributed by atoms with E-state index in [9.17, 15) is 8.78 Å². The van der Waals surface area contributed by atoms with Crippen molar-refractivity contribution >= 4 is 11.6 Å². The maximum absolute atomic E-state index is 13.6. The zero-order valence-electron chi connectivity index (χ0n) is 10.2. The summed E-state index contributed by atoms with van der Waals surface area (Å²) in [7, 11) is 1.77. The highest BCUT2D eigenvalue weighted by Gasteiger charge is 2.14. The van der Waals surface area contributed by atoms with Gasteiger partial charge in [0, 0.05) is 12.1 Å². The molecule has 0 aliphatic rings. The number of halogens is 3. The molecule has 0 aliphatic carbocycles. The monoisotopic (exact) mass is 283 g/mol. The van der Waals surface area contributed by atoms with E-state index in [1.165, 1.54) is 12.1 Å². The quantitative estimate of drug-likeness (QED) is 0.911. The number of hydrogen-bond acceptors (Lipinski definition) is 2. The normalized spacial score (nSPS) is 10.5. The molecule has 19 heavy (non-hydrogen) atoms. The summed E-state index contributed by atoms with van der Waals surface area (Å²) >= 11 is 6.04. The third-order valence-corrected chi connectivity index (χ3v) is 2.84. The Labute approximate surface area is 115 Å². The lowest BCUT2D eigenvalue weighted by molar-refractivity contribution is 0.412. The minimum Gasteiger partial charge on any atom is -0.452 e. The molecular formula is C14H12ClF2NO. The van der Waals surface area contributed by atoms with Crippen LogP contribution in [0.5, 0.6) is 11.5 Å². The molecule has 0 unspecified atom stereocenters. The van der Waals surface area contributed by atoms with Gasteiger partial charge in [-0.1, -0.05) is 29.8 Å². The second-order valence-electron chi connectivity index (χ2n) is 3.91. The van der Waals surface area contributed by atoms with Crippen LogP contribution in [0, 0.1) is 11.6 Å². The molecule has 0 heterocycles. The Morgan fingerprint density at radius 2 is 1.89 bits per heavy atom. The molecule has 0 saturated heterocycles. The highest BCUT2D eigenvalue weighted by molar-refractivity contribution is 6.32. The number of ether oxygens (including phenoxy) is 1. The first kappa shape index (κ1) is 13.8. The topological polar surface area (TPSA) is 21.3 Å². The second kappa shape index (κ2) is 5.99. The third-order valence-electron chi connectivity index (χ3n) is 2.54. The van der Waals surface area contributed by atoms with Crippen molar-refractivity contribution in [3.05, 3.63) is 58.6 Å². The average molecular weight is 284 g/mol. The maximum Gasteiger partial charge on any atom is 0.201 e. The molecule has 0 amide bonds. The molecule has 0 atom stereocenters. The first-order valence-electron chi connectivity index (χ1n) is 5.67. The molecule has 2 rings (SSSR count). The molecule has 0 aromatic heterocycles. The Kier molecular flexibility index (Phi) is 4.35. The van der Waals surface area contributed by atoms with Crippen LogP contribution in [-0.4, -0.2) is 7.05 Å². The fourth-order valence-electron chi connectivity index (χ4n) is 1.67. The molecule has 5 heteroatoms. The molecule has 1 N–H and O–H groups in total. The Morgan fingerprint density at radius 3 is 2.63 bits per heavy atom. The highest BCUT2D eigenvalue weighted by Crippen LogP contribution is 2.34. The van der Waals surface area contributed by atoms with Gasteiger partial charge >= 0.3 is 0 Å². The van der Waals surface area contributed by atoms with Gasteiger partial charge < -0.3 is 10.1 Å². The van der Waals surface area contributed by atoms with Crippen LogP contribution >= 0.6 is 11.6 Å². The van der Waals surface area contributed by atoms with Gasteiger partial charge in [-0.25, -0.2) is 4.39 Å². The first-order chi connectivity index (χ1) is 9.13. The fraction of sp³-hybridized carbons (Fsp3) is 0.143. The lowest BCUT2D eigenvalue weighted by Gasteiger charge is -2.13. The van der Waals surface area contributed by atoms with Crippen LogP contribution in [0.3, 0.4) is 0 Å². The van der Waals surface area contributed by atoms with Crippen molar-refractivity contribution in [2.75, 3.05) is 7.05 Å². The number of rotatable bonds is 4. The average Bonchev–Trinajstić information content (AvgIpc) is 2.39. The van der Waals surface area contributed by atoms with Crippen LogP contribution < -0.4 is 10.1 Å². The SMILES string of the molecule is CNCc1cccc(Cl)c1Oc1cccc(F)c1F. The molecule has 0 bridgehead atoms. The van der Waals surface area contributed by atoms with Crippen molar-refractivity contribution in [2.24, 2.45) is 0 Å². The van der Waals surface area contributed by atoms with Crippen LogP contribution in [0.4, 0.5) is 8.78 Å². The molecule has 2 nitrogen and oxygen atoms in total. The van der Waals surface area contributed by atoms with Gasteiger partial charge in [0.1, 0.15) is 0 Å².